The zero-order chi connectivity index (χ0) is 17.8. The first-order chi connectivity index (χ1) is 12.0. The minimum Gasteiger partial charge on any atom is -0.363 e. The lowest BCUT2D eigenvalue weighted by molar-refractivity contribution is 0.102. The van der Waals surface area contributed by atoms with Crippen molar-refractivity contribution >= 4 is 29.2 Å². The van der Waals surface area contributed by atoms with Crippen molar-refractivity contribution in [2.45, 2.75) is 10.1 Å². The molecule has 0 spiro atoms. The van der Waals surface area contributed by atoms with E-state index in [0.29, 0.717) is 5.56 Å². The van der Waals surface area contributed by atoms with Gasteiger partial charge in [-0.15, -0.1) is 0 Å². The van der Waals surface area contributed by atoms with E-state index < -0.39 is 0 Å². The third-order valence-electron chi connectivity index (χ3n) is 3.56. The number of nitrogens with zero attached hydrogens (tertiary/aromatic N) is 4. The SMILES string of the molecule is CN(C)c1cc(C(=O)Nc2ccc(Sc3nccn3C)cc2)ccn1. The Balaban J connectivity index is 1.68. The van der Waals surface area contributed by atoms with Gasteiger partial charge in [-0.2, -0.15) is 0 Å². The molecule has 0 atom stereocenters. The second-order valence-corrected chi connectivity index (χ2v) is 6.74. The fourth-order valence-electron chi connectivity index (χ4n) is 2.17. The second kappa shape index (κ2) is 7.40. The van der Waals surface area contributed by atoms with Gasteiger partial charge >= 0.3 is 0 Å². The van der Waals surface area contributed by atoms with Crippen LogP contribution in [0.3, 0.4) is 0 Å². The molecule has 1 aromatic carbocycles. The van der Waals surface area contributed by atoms with Crippen molar-refractivity contribution in [2.24, 2.45) is 7.05 Å². The van der Waals surface area contributed by atoms with Gasteiger partial charge in [-0.25, -0.2) is 9.97 Å². The summed E-state index contributed by atoms with van der Waals surface area (Å²) in [6.45, 7) is 0. The summed E-state index contributed by atoms with van der Waals surface area (Å²) in [4.78, 5) is 23.8. The number of carbonyl (C=O) groups is 1. The van der Waals surface area contributed by atoms with Crippen LogP contribution in [0.15, 0.2) is 65.0 Å². The second-order valence-electron chi connectivity index (χ2n) is 5.70. The van der Waals surface area contributed by atoms with Crippen LogP contribution in [0.5, 0.6) is 0 Å². The first kappa shape index (κ1) is 17.0. The number of hydrogen-bond donors (Lipinski definition) is 1. The van der Waals surface area contributed by atoms with Gasteiger partial charge in [0.1, 0.15) is 5.82 Å². The van der Waals surface area contributed by atoms with Gasteiger partial charge in [-0.1, -0.05) is 11.8 Å². The van der Waals surface area contributed by atoms with Gasteiger partial charge in [0, 0.05) is 55.9 Å². The molecule has 2 heterocycles. The van der Waals surface area contributed by atoms with Crippen LogP contribution in [-0.2, 0) is 7.05 Å². The molecule has 0 radical (unpaired) electrons. The van der Waals surface area contributed by atoms with E-state index in [2.05, 4.69) is 15.3 Å². The maximum atomic E-state index is 12.4. The Labute approximate surface area is 150 Å². The van der Waals surface area contributed by atoms with Crippen molar-refractivity contribution in [3.63, 3.8) is 0 Å². The largest absolute Gasteiger partial charge is 0.363 e. The van der Waals surface area contributed by atoms with E-state index in [0.717, 1.165) is 21.6 Å². The zero-order valence-electron chi connectivity index (χ0n) is 14.3. The number of hydrogen-bond acceptors (Lipinski definition) is 5. The monoisotopic (exact) mass is 353 g/mol. The van der Waals surface area contributed by atoms with Crippen LogP contribution in [-0.4, -0.2) is 34.5 Å². The summed E-state index contributed by atoms with van der Waals surface area (Å²) in [5.41, 5.74) is 1.32. The van der Waals surface area contributed by atoms with Crippen molar-refractivity contribution in [1.29, 1.82) is 0 Å². The van der Waals surface area contributed by atoms with Crippen LogP contribution in [0.1, 0.15) is 10.4 Å². The standard InChI is InChI=1S/C18H19N5OS/c1-22(2)16-12-13(8-9-19-16)17(24)21-14-4-6-15(7-5-14)25-18-20-10-11-23(18)3/h4-12H,1-3H3,(H,21,24). The number of carbonyl (C=O) groups excluding carboxylic acids is 1. The molecule has 0 saturated heterocycles. The summed E-state index contributed by atoms with van der Waals surface area (Å²) in [5, 5.41) is 3.83. The van der Waals surface area contributed by atoms with Crippen LogP contribution < -0.4 is 10.2 Å². The van der Waals surface area contributed by atoms with E-state index in [9.17, 15) is 4.79 Å². The van der Waals surface area contributed by atoms with Gasteiger partial charge in [-0.05, 0) is 36.4 Å². The van der Waals surface area contributed by atoms with Crippen LogP contribution in [0.4, 0.5) is 11.5 Å². The highest BCUT2D eigenvalue weighted by molar-refractivity contribution is 7.99. The zero-order valence-corrected chi connectivity index (χ0v) is 15.1. The summed E-state index contributed by atoms with van der Waals surface area (Å²) >= 11 is 1.58. The third-order valence-corrected chi connectivity index (χ3v) is 4.65. The van der Waals surface area contributed by atoms with E-state index in [-0.39, 0.29) is 5.91 Å². The molecule has 2 aromatic heterocycles. The summed E-state index contributed by atoms with van der Waals surface area (Å²) < 4.78 is 1.96. The fraction of sp³-hybridized carbons (Fsp3) is 0.167. The number of amides is 1. The summed E-state index contributed by atoms with van der Waals surface area (Å²) in [7, 11) is 5.74. The van der Waals surface area contributed by atoms with Gasteiger partial charge in [0.15, 0.2) is 5.16 Å². The van der Waals surface area contributed by atoms with Crippen molar-refractivity contribution in [1.82, 2.24) is 14.5 Å². The van der Waals surface area contributed by atoms with Gasteiger partial charge in [-0.3, -0.25) is 4.79 Å². The number of benzene rings is 1. The molecule has 0 aliphatic carbocycles. The predicted molar refractivity (Wildman–Crippen MR) is 100 cm³/mol. The fourth-order valence-corrected chi connectivity index (χ4v) is 2.97. The van der Waals surface area contributed by atoms with Crippen molar-refractivity contribution in [3.05, 3.63) is 60.6 Å². The van der Waals surface area contributed by atoms with Gasteiger partial charge < -0.3 is 14.8 Å². The molecule has 7 heteroatoms. The normalized spacial score (nSPS) is 10.5. The van der Waals surface area contributed by atoms with E-state index in [4.69, 9.17) is 0 Å². The molecule has 0 aliphatic heterocycles. The third kappa shape index (κ3) is 4.19. The molecule has 25 heavy (non-hydrogen) atoms. The first-order valence-electron chi connectivity index (χ1n) is 7.73. The Kier molecular flexibility index (Phi) is 5.04. The van der Waals surface area contributed by atoms with Crippen LogP contribution in [0.2, 0.25) is 0 Å². The molecule has 6 nitrogen and oxygen atoms in total. The molecule has 1 N–H and O–H groups in total. The molecular formula is C18H19N5OS. The van der Waals surface area contributed by atoms with E-state index >= 15 is 0 Å². The molecule has 3 aromatic rings. The highest BCUT2D eigenvalue weighted by atomic mass is 32.2. The predicted octanol–water partition coefficient (Wildman–Crippen LogP) is 3.28. The molecular weight excluding hydrogens is 334 g/mol. The lowest BCUT2D eigenvalue weighted by Gasteiger charge is -2.12. The highest BCUT2D eigenvalue weighted by Gasteiger charge is 2.09. The number of pyridine rings is 1. The summed E-state index contributed by atoms with van der Waals surface area (Å²) in [6.07, 6.45) is 5.32. The maximum Gasteiger partial charge on any atom is 0.255 e. The number of anilines is 2. The van der Waals surface area contributed by atoms with Crippen molar-refractivity contribution < 1.29 is 4.79 Å². The Morgan fingerprint density at radius 1 is 1.12 bits per heavy atom. The maximum absolute atomic E-state index is 12.4. The summed E-state index contributed by atoms with van der Waals surface area (Å²) in [6, 6.07) is 11.2. The molecule has 0 saturated carbocycles. The number of rotatable bonds is 5. The smallest absolute Gasteiger partial charge is 0.255 e. The van der Waals surface area contributed by atoms with E-state index in [1.54, 1.807) is 36.3 Å². The van der Waals surface area contributed by atoms with Gasteiger partial charge in [0.2, 0.25) is 0 Å². The average Bonchev–Trinajstić information content (AvgIpc) is 3.01. The minimum absolute atomic E-state index is 0.157. The number of nitrogens with one attached hydrogen (secondary N) is 1. The molecule has 0 unspecified atom stereocenters. The van der Waals surface area contributed by atoms with Gasteiger partial charge in [0.05, 0.1) is 0 Å². The Morgan fingerprint density at radius 2 is 1.88 bits per heavy atom. The lowest BCUT2D eigenvalue weighted by atomic mass is 10.2. The van der Waals surface area contributed by atoms with Crippen molar-refractivity contribution in [2.75, 3.05) is 24.3 Å². The molecule has 128 valence electrons. The Bertz CT molecular complexity index is 873. The van der Waals surface area contributed by atoms with Crippen LogP contribution >= 0.6 is 11.8 Å². The van der Waals surface area contributed by atoms with Crippen molar-refractivity contribution in [3.8, 4) is 0 Å². The van der Waals surface area contributed by atoms with Crippen LogP contribution in [0, 0.1) is 0 Å². The minimum atomic E-state index is -0.157. The van der Waals surface area contributed by atoms with Gasteiger partial charge in [0.25, 0.3) is 5.91 Å². The van der Waals surface area contributed by atoms with E-state index in [1.165, 1.54) is 0 Å². The number of aromatic nitrogens is 3. The number of imidazole rings is 1. The number of aryl methyl sites for hydroxylation is 1. The molecule has 1 amide bonds. The Morgan fingerprint density at radius 3 is 2.52 bits per heavy atom. The topological polar surface area (TPSA) is 63.1 Å². The molecule has 0 fully saturated rings. The lowest BCUT2D eigenvalue weighted by Crippen LogP contribution is -2.15. The quantitative estimate of drug-likeness (QED) is 0.763. The first-order valence-corrected chi connectivity index (χ1v) is 8.54. The highest BCUT2D eigenvalue weighted by Crippen LogP contribution is 2.26. The van der Waals surface area contributed by atoms with Crippen LogP contribution in [0.25, 0.3) is 0 Å². The molecule has 0 aliphatic rings. The average molecular weight is 353 g/mol. The van der Waals surface area contributed by atoms with E-state index in [1.807, 2.05) is 61.1 Å². The Hall–Kier alpha value is -2.80. The summed E-state index contributed by atoms with van der Waals surface area (Å²) in [5.74, 6) is 0.587. The molecule has 0 bridgehead atoms. The molecule has 3 rings (SSSR count).